The summed E-state index contributed by atoms with van der Waals surface area (Å²) >= 11 is 5.53. The van der Waals surface area contributed by atoms with E-state index in [0.717, 1.165) is 11.3 Å². The Morgan fingerprint density at radius 3 is 2.68 bits per heavy atom. The maximum absolute atomic E-state index is 11.4. The molecule has 19 heavy (non-hydrogen) atoms. The van der Waals surface area contributed by atoms with Gasteiger partial charge in [0.05, 0.1) is 7.11 Å². The maximum atomic E-state index is 11.4. The molecule has 6 heteroatoms. The Labute approximate surface area is 117 Å². The molecule has 2 N–H and O–H groups in total. The highest BCUT2D eigenvalue weighted by Crippen LogP contribution is 2.17. The summed E-state index contributed by atoms with van der Waals surface area (Å²) in [4.78, 5) is 22.5. The summed E-state index contributed by atoms with van der Waals surface area (Å²) in [6.07, 6.45) is 0.613. The molecule has 0 saturated carbocycles. The van der Waals surface area contributed by atoms with E-state index in [2.05, 4.69) is 10.6 Å². The highest BCUT2D eigenvalue weighted by atomic mass is 35.5. The Morgan fingerprint density at radius 1 is 1.37 bits per heavy atom. The summed E-state index contributed by atoms with van der Waals surface area (Å²) in [5, 5.41) is 3.99. The van der Waals surface area contributed by atoms with Gasteiger partial charge in [-0.15, -0.1) is 11.6 Å². The maximum Gasteiger partial charge on any atom is 0.321 e. The fraction of sp³-hybridized carbons (Fsp3) is 0.385. The number of para-hydroxylation sites is 1. The number of hydrogen-bond donors (Lipinski definition) is 2. The van der Waals surface area contributed by atoms with Crippen molar-refractivity contribution in [1.82, 2.24) is 10.6 Å². The molecule has 1 atom stereocenters. The quantitative estimate of drug-likeness (QED) is 0.809. The van der Waals surface area contributed by atoms with Crippen molar-refractivity contribution in [2.75, 3.05) is 13.7 Å². The van der Waals surface area contributed by atoms with Crippen LogP contribution in [0.3, 0.4) is 0 Å². The van der Waals surface area contributed by atoms with Gasteiger partial charge in [-0.25, -0.2) is 4.79 Å². The number of benzene rings is 1. The Morgan fingerprint density at radius 2 is 2.05 bits per heavy atom. The van der Waals surface area contributed by atoms with Gasteiger partial charge in [0.15, 0.2) is 0 Å². The van der Waals surface area contributed by atoms with E-state index in [4.69, 9.17) is 16.3 Å². The summed E-state index contributed by atoms with van der Waals surface area (Å²) < 4.78 is 5.20. The molecular weight excluding hydrogens is 268 g/mol. The minimum Gasteiger partial charge on any atom is -0.496 e. The van der Waals surface area contributed by atoms with Gasteiger partial charge in [-0.05, 0) is 25.0 Å². The van der Waals surface area contributed by atoms with Crippen LogP contribution in [0.15, 0.2) is 24.3 Å². The first kappa shape index (κ1) is 15.3. The average molecular weight is 285 g/mol. The van der Waals surface area contributed by atoms with Gasteiger partial charge in [-0.1, -0.05) is 18.2 Å². The monoisotopic (exact) mass is 284 g/mol. The molecule has 1 aromatic carbocycles. The number of alkyl halides is 1. The lowest BCUT2D eigenvalue weighted by Gasteiger charge is -2.10. The molecule has 0 aliphatic carbocycles. The normalized spacial score (nSPS) is 11.5. The van der Waals surface area contributed by atoms with Gasteiger partial charge in [0, 0.05) is 6.54 Å². The van der Waals surface area contributed by atoms with Gasteiger partial charge in [0.25, 0.3) is 0 Å². The number of halogens is 1. The van der Waals surface area contributed by atoms with Crippen molar-refractivity contribution in [3.63, 3.8) is 0 Å². The molecule has 0 aliphatic heterocycles. The van der Waals surface area contributed by atoms with Crippen molar-refractivity contribution in [3.8, 4) is 5.75 Å². The first-order chi connectivity index (χ1) is 9.04. The zero-order valence-corrected chi connectivity index (χ0v) is 11.7. The van der Waals surface area contributed by atoms with Gasteiger partial charge >= 0.3 is 6.03 Å². The molecule has 5 nitrogen and oxygen atoms in total. The molecule has 1 rings (SSSR count). The third-order valence-corrected chi connectivity index (χ3v) is 2.67. The number of nitrogens with one attached hydrogen (secondary N) is 2. The highest BCUT2D eigenvalue weighted by Gasteiger charge is 2.12. The molecule has 0 aliphatic rings. The van der Waals surface area contributed by atoms with Gasteiger partial charge in [0.2, 0.25) is 5.91 Å². The molecule has 0 aromatic heterocycles. The fourth-order valence-electron chi connectivity index (χ4n) is 1.48. The SMILES string of the molecule is COc1ccccc1CCNC(=O)NC(=O)C(C)Cl. The van der Waals surface area contributed by atoms with Crippen LogP contribution < -0.4 is 15.4 Å². The molecule has 0 spiro atoms. The number of ether oxygens (including phenoxy) is 1. The number of imide groups is 1. The first-order valence-electron chi connectivity index (χ1n) is 5.89. The molecule has 1 aromatic rings. The van der Waals surface area contributed by atoms with Crippen LogP contribution in [-0.4, -0.2) is 31.0 Å². The number of carbonyl (C=O) groups is 2. The van der Waals surface area contributed by atoms with Crippen LogP contribution in [0.4, 0.5) is 4.79 Å². The van der Waals surface area contributed by atoms with E-state index in [0.29, 0.717) is 13.0 Å². The topological polar surface area (TPSA) is 67.4 Å². The molecule has 104 valence electrons. The molecule has 0 heterocycles. The van der Waals surface area contributed by atoms with Crippen molar-refractivity contribution < 1.29 is 14.3 Å². The van der Waals surface area contributed by atoms with Crippen LogP contribution in [0.2, 0.25) is 0 Å². The first-order valence-corrected chi connectivity index (χ1v) is 6.33. The third kappa shape index (κ3) is 5.18. The predicted molar refractivity (Wildman–Crippen MR) is 73.6 cm³/mol. The Balaban J connectivity index is 2.38. The van der Waals surface area contributed by atoms with E-state index in [1.807, 2.05) is 24.3 Å². The van der Waals surface area contributed by atoms with Crippen LogP contribution in [0.5, 0.6) is 5.75 Å². The molecule has 0 saturated heterocycles. The Hall–Kier alpha value is -1.75. The smallest absolute Gasteiger partial charge is 0.321 e. The molecule has 1 unspecified atom stereocenters. The second-order valence-corrected chi connectivity index (χ2v) is 4.58. The van der Waals surface area contributed by atoms with Crippen molar-refractivity contribution >= 4 is 23.5 Å². The lowest BCUT2D eigenvalue weighted by atomic mass is 10.1. The van der Waals surface area contributed by atoms with Gasteiger partial charge in [0.1, 0.15) is 11.1 Å². The summed E-state index contributed by atoms with van der Waals surface area (Å²) in [7, 11) is 1.60. The van der Waals surface area contributed by atoms with Gasteiger partial charge < -0.3 is 10.1 Å². The fourth-order valence-corrected chi connectivity index (χ4v) is 1.53. The number of rotatable bonds is 5. The Kier molecular flexibility index (Phi) is 6.15. The lowest BCUT2D eigenvalue weighted by Crippen LogP contribution is -2.42. The minimum atomic E-state index is -0.736. The van der Waals surface area contributed by atoms with Gasteiger partial charge in [-0.2, -0.15) is 0 Å². The zero-order chi connectivity index (χ0) is 14.3. The van der Waals surface area contributed by atoms with E-state index in [1.54, 1.807) is 7.11 Å². The van der Waals surface area contributed by atoms with Crippen LogP contribution in [0, 0.1) is 0 Å². The van der Waals surface area contributed by atoms with Crippen LogP contribution in [0.1, 0.15) is 12.5 Å². The van der Waals surface area contributed by atoms with Crippen LogP contribution in [-0.2, 0) is 11.2 Å². The van der Waals surface area contributed by atoms with Crippen molar-refractivity contribution in [2.24, 2.45) is 0 Å². The number of hydrogen-bond acceptors (Lipinski definition) is 3. The zero-order valence-electron chi connectivity index (χ0n) is 10.9. The second-order valence-electron chi connectivity index (χ2n) is 3.92. The molecule has 0 bridgehead atoms. The van der Waals surface area contributed by atoms with E-state index in [1.165, 1.54) is 6.92 Å². The second kappa shape index (κ2) is 7.63. The number of amides is 3. The molecule has 3 amide bonds. The number of urea groups is 1. The largest absolute Gasteiger partial charge is 0.496 e. The summed E-state index contributed by atoms with van der Waals surface area (Å²) in [5.74, 6) is 0.256. The molecule has 0 fully saturated rings. The standard InChI is InChI=1S/C13H17ClN2O3/c1-9(14)12(17)16-13(18)15-8-7-10-5-3-4-6-11(10)19-2/h3-6,9H,7-8H2,1-2H3,(H2,15,16,17,18). The van der Waals surface area contributed by atoms with E-state index in [-0.39, 0.29) is 0 Å². The number of carbonyl (C=O) groups excluding carboxylic acids is 2. The Bertz CT molecular complexity index is 449. The van der Waals surface area contributed by atoms with Gasteiger partial charge in [-0.3, -0.25) is 10.1 Å². The van der Waals surface area contributed by atoms with Crippen molar-refractivity contribution in [3.05, 3.63) is 29.8 Å². The van der Waals surface area contributed by atoms with Crippen molar-refractivity contribution in [2.45, 2.75) is 18.7 Å². The third-order valence-electron chi connectivity index (χ3n) is 2.47. The summed E-state index contributed by atoms with van der Waals surface area (Å²) in [6, 6.07) is 7.01. The van der Waals surface area contributed by atoms with E-state index >= 15 is 0 Å². The highest BCUT2D eigenvalue weighted by molar-refractivity contribution is 6.31. The van der Waals surface area contributed by atoms with Crippen LogP contribution >= 0.6 is 11.6 Å². The molecule has 0 radical (unpaired) electrons. The predicted octanol–water partition coefficient (Wildman–Crippen LogP) is 1.69. The van der Waals surface area contributed by atoms with E-state index < -0.39 is 17.3 Å². The summed E-state index contributed by atoms with van der Waals surface area (Å²) in [5.41, 5.74) is 0.988. The lowest BCUT2D eigenvalue weighted by molar-refractivity contribution is -0.119. The number of methoxy groups -OCH3 is 1. The molecular formula is C13H17ClN2O3. The van der Waals surface area contributed by atoms with Crippen molar-refractivity contribution in [1.29, 1.82) is 0 Å². The average Bonchev–Trinajstić information content (AvgIpc) is 2.39. The minimum absolute atomic E-state index is 0.399. The van der Waals surface area contributed by atoms with Crippen LogP contribution in [0.25, 0.3) is 0 Å². The summed E-state index contributed by atoms with van der Waals surface area (Å²) in [6.45, 7) is 1.90. The van der Waals surface area contributed by atoms with E-state index in [9.17, 15) is 9.59 Å².